The van der Waals surface area contributed by atoms with Crippen molar-refractivity contribution in [1.29, 1.82) is 0 Å². The SMILES string of the molecule is CNC(=O)c1cncc(OC(C)C)c1OC1CC1. The van der Waals surface area contributed by atoms with E-state index in [0.29, 0.717) is 17.1 Å². The average Bonchev–Trinajstić information content (AvgIpc) is 3.13. The van der Waals surface area contributed by atoms with Gasteiger partial charge in [0, 0.05) is 13.2 Å². The lowest BCUT2D eigenvalue weighted by molar-refractivity contribution is 0.0956. The summed E-state index contributed by atoms with van der Waals surface area (Å²) in [4.78, 5) is 15.8. The minimum atomic E-state index is -0.215. The van der Waals surface area contributed by atoms with Crippen molar-refractivity contribution in [2.24, 2.45) is 0 Å². The number of ether oxygens (including phenoxy) is 2. The highest BCUT2D eigenvalue weighted by molar-refractivity contribution is 5.97. The number of hydrogen-bond acceptors (Lipinski definition) is 4. The van der Waals surface area contributed by atoms with Gasteiger partial charge in [-0.2, -0.15) is 0 Å². The van der Waals surface area contributed by atoms with Crippen LogP contribution < -0.4 is 14.8 Å². The summed E-state index contributed by atoms with van der Waals surface area (Å²) >= 11 is 0. The van der Waals surface area contributed by atoms with E-state index in [9.17, 15) is 4.79 Å². The number of amides is 1. The molecule has 1 fully saturated rings. The third-order valence-electron chi connectivity index (χ3n) is 2.51. The second kappa shape index (κ2) is 5.25. The van der Waals surface area contributed by atoms with Crippen molar-refractivity contribution in [3.05, 3.63) is 18.0 Å². The Morgan fingerprint density at radius 3 is 2.72 bits per heavy atom. The number of aromatic nitrogens is 1. The average molecular weight is 250 g/mol. The highest BCUT2D eigenvalue weighted by Gasteiger charge is 2.28. The molecule has 1 heterocycles. The normalized spacial score (nSPS) is 14.4. The zero-order chi connectivity index (χ0) is 13.1. The van der Waals surface area contributed by atoms with Crippen molar-refractivity contribution in [2.75, 3.05) is 7.05 Å². The van der Waals surface area contributed by atoms with Gasteiger partial charge in [-0.3, -0.25) is 9.78 Å². The van der Waals surface area contributed by atoms with Crippen LogP contribution in [0.1, 0.15) is 37.0 Å². The number of nitrogens with zero attached hydrogens (tertiary/aromatic N) is 1. The maximum Gasteiger partial charge on any atom is 0.256 e. The van der Waals surface area contributed by atoms with Gasteiger partial charge in [-0.15, -0.1) is 0 Å². The van der Waals surface area contributed by atoms with Crippen molar-refractivity contribution >= 4 is 5.91 Å². The van der Waals surface area contributed by atoms with Crippen LogP contribution in [0.2, 0.25) is 0 Å². The van der Waals surface area contributed by atoms with E-state index in [1.807, 2.05) is 13.8 Å². The van der Waals surface area contributed by atoms with E-state index in [1.165, 1.54) is 6.20 Å². The molecule has 98 valence electrons. The molecule has 0 aromatic carbocycles. The lowest BCUT2D eigenvalue weighted by Crippen LogP contribution is -2.20. The second-order valence-corrected chi connectivity index (χ2v) is 4.58. The molecule has 0 unspecified atom stereocenters. The molecule has 1 saturated carbocycles. The van der Waals surface area contributed by atoms with E-state index >= 15 is 0 Å². The molecule has 5 nitrogen and oxygen atoms in total. The van der Waals surface area contributed by atoms with Crippen LogP contribution in [0.15, 0.2) is 12.4 Å². The van der Waals surface area contributed by atoms with Crippen molar-refractivity contribution in [2.45, 2.75) is 38.9 Å². The molecule has 1 N–H and O–H groups in total. The standard InChI is InChI=1S/C13H18N2O3/c1-8(2)17-11-7-15-6-10(13(16)14-3)12(11)18-9-4-5-9/h6-9H,4-5H2,1-3H3,(H,14,16). The van der Waals surface area contributed by atoms with E-state index in [0.717, 1.165) is 12.8 Å². The fourth-order valence-corrected chi connectivity index (χ4v) is 1.54. The molecule has 5 heteroatoms. The molecule has 1 aromatic rings. The minimum Gasteiger partial charge on any atom is -0.486 e. The molecule has 0 aliphatic heterocycles. The van der Waals surface area contributed by atoms with Crippen molar-refractivity contribution in [3.63, 3.8) is 0 Å². The largest absolute Gasteiger partial charge is 0.486 e. The van der Waals surface area contributed by atoms with Gasteiger partial charge in [0.15, 0.2) is 11.5 Å². The summed E-state index contributed by atoms with van der Waals surface area (Å²) in [5.74, 6) is 0.811. The molecule has 1 aliphatic carbocycles. The highest BCUT2D eigenvalue weighted by atomic mass is 16.5. The molecular weight excluding hydrogens is 232 g/mol. The zero-order valence-corrected chi connectivity index (χ0v) is 10.9. The lowest BCUT2D eigenvalue weighted by atomic mass is 10.2. The molecule has 18 heavy (non-hydrogen) atoms. The molecule has 1 aliphatic rings. The summed E-state index contributed by atoms with van der Waals surface area (Å²) in [5, 5.41) is 2.58. The number of hydrogen-bond donors (Lipinski definition) is 1. The van der Waals surface area contributed by atoms with E-state index in [-0.39, 0.29) is 18.1 Å². The van der Waals surface area contributed by atoms with Crippen LogP contribution in [0.25, 0.3) is 0 Å². The van der Waals surface area contributed by atoms with Gasteiger partial charge in [0.2, 0.25) is 0 Å². The van der Waals surface area contributed by atoms with Crippen molar-refractivity contribution in [3.8, 4) is 11.5 Å². The molecule has 0 radical (unpaired) electrons. The van der Waals surface area contributed by atoms with Crippen LogP contribution >= 0.6 is 0 Å². The number of carbonyl (C=O) groups excluding carboxylic acids is 1. The maximum absolute atomic E-state index is 11.8. The molecule has 1 amide bonds. The Kier molecular flexibility index (Phi) is 3.69. The zero-order valence-electron chi connectivity index (χ0n) is 10.9. The van der Waals surface area contributed by atoms with Gasteiger partial charge in [-0.05, 0) is 26.7 Å². The monoisotopic (exact) mass is 250 g/mol. The molecule has 0 atom stereocenters. The predicted octanol–water partition coefficient (Wildman–Crippen LogP) is 1.77. The number of carbonyl (C=O) groups is 1. The lowest BCUT2D eigenvalue weighted by Gasteiger charge is -2.16. The Labute approximate surface area is 107 Å². The summed E-state index contributed by atoms with van der Waals surface area (Å²) in [6, 6.07) is 0. The molecule has 1 aromatic heterocycles. The highest BCUT2D eigenvalue weighted by Crippen LogP contribution is 2.36. The Hall–Kier alpha value is -1.78. The van der Waals surface area contributed by atoms with Crippen LogP contribution in [0.3, 0.4) is 0 Å². The van der Waals surface area contributed by atoms with E-state index in [1.54, 1.807) is 13.2 Å². The van der Waals surface area contributed by atoms with Gasteiger partial charge in [-0.1, -0.05) is 0 Å². The van der Waals surface area contributed by atoms with Gasteiger partial charge in [0.25, 0.3) is 5.91 Å². The van der Waals surface area contributed by atoms with Crippen LogP contribution in [-0.4, -0.2) is 30.1 Å². The molecular formula is C13H18N2O3. The first-order valence-electron chi connectivity index (χ1n) is 6.15. The Morgan fingerprint density at radius 2 is 2.17 bits per heavy atom. The summed E-state index contributed by atoms with van der Waals surface area (Å²) in [7, 11) is 1.58. The second-order valence-electron chi connectivity index (χ2n) is 4.58. The molecule has 0 spiro atoms. The van der Waals surface area contributed by atoms with Gasteiger partial charge < -0.3 is 14.8 Å². The number of pyridine rings is 1. The van der Waals surface area contributed by atoms with Gasteiger partial charge in [0.1, 0.15) is 5.56 Å². The maximum atomic E-state index is 11.8. The quantitative estimate of drug-likeness (QED) is 0.865. The Bertz CT molecular complexity index is 442. The molecule has 2 rings (SSSR count). The first kappa shape index (κ1) is 12.7. The smallest absolute Gasteiger partial charge is 0.256 e. The van der Waals surface area contributed by atoms with E-state index in [2.05, 4.69) is 10.3 Å². The van der Waals surface area contributed by atoms with Crippen LogP contribution in [-0.2, 0) is 0 Å². The Balaban J connectivity index is 2.34. The molecule has 0 saturated heterocycles. The van der Waals surface area contributed by atoms with Crippen LogP contribution in [0.5, 0.6) is 11.5 Å². The summed E-state index contributed by atoms with van der Waals surface area (Å²) in [6.45, 7) is 3.85. The first-order valence-corrected chi connectivity index (χ1v) is 6.15. The topological polar surface area (TPSA) is 60.5 Å². The van der Waals surface area contributed by atoms with Gasteiger partial charge >= 0.3 is 0 Å². The van der Waals surface area contributed by atoms with E-state index in [4.69, 9.17) is 9.47 Å². The fourth-order valence-electron chi connectivity index (χ4n) is 1.54. The fraction of sp³-hybridized carbons (Fsp3) is 0.538. The molecule has 0 bridgehead atoms. The number of nitrogens with one attached hydrogen (secondary N) is 1. The first-order chi connectivity index (χ1) is 8.61. The summed E-state index contributed by atoms with van der Waals surface area (Å²) < 4.78 is 11.4. The van der Waals surface area contributed by atoms with Gasteiger partial charge in [-0.25, -0.2) is 0 Å². The third-order valence-corrected chi connectivity index (χ3v) is 2.51. The van der Waals surface area contributed by atoms with Gasteiger partial charge in [0.05, 0.1) is 18.4 Å². The third kappa shape index (κ3) is 2.91. The van der Waals surface area contributed by atoms with Crippen LogP contribution in [0.4, 0.5) is 0 Å². The number of rotatable bonds is 5. The van der Waals surface area contributed by atoms with Crippen molar-refractivity contribution < 1.29 is 14.3 Å². The summed E-state index contributed by atoms with van der Waals surface area (Å²) in [6.07, 6.45) is 5.35. The van der Waals surface area contributed by atoms with E-state index < -0.39 is 0 Å². The Morgan fingerprint density at radius 1 is 1.44 bits per heavy atom. The van der Waals surface area contributed by atoms with Crippen molar-refractivity contribution in [1.82, 2.24) is 10.3 Å². The summed E-state index contributed by atoms with van der Waals surface area (Å²) in [5.41, 5.74) is 0.419. The van der Waals surface area contributed by atoms with Crippen LogP contribution in [0, 0.1) is 0 Å². The minimum absolute atomic E-state index is 0.00768. The predicted molar refractivity (Wildman–Crippen MR) is 67.0 cm³/mol.